The normalized spacial score (nSPS) is 16.5. The van der Waals surface area contributed by atoms with E-state index in [0.29, 0.717) is 0 Å². The number of furan rings is 1. The number of anilines is 1. The number of aromatic nitrogens is 1. The lowest BCUT2D eigenvalue weighted by atomic mass is 9.92. The van der Waals surface area contributed by atoms with E-state index in [1.54, 1.807) is 0 Å². The van der Waals surface area contributed by atoms with Crippen molar-refractivity contribution >= 4 is 55.1 Å². The van der Waals surface area contributed by atoms with Gasteiger partial charge in [0, 0.05) is 38.5 Å². The molecule has 0 bridgehead atoms. The van der Waals surface area contributed by atoms with Crippen molar-refractivity contribution in [2.24, 2.45) is 4.99 Å². The number of hydrogen-bond acceptors (Lipinski definition) is 3. The molecule has 0 radical (unpaired) electrons. The topological polar surface area (TPSA) is 42.5 Å². The zero-order valence-corrected chi connectivity index (χ0v) is 22.9. The Labute approximate surface area is 242 Å². The Kier molecular flexibility index (Phi) is 5.05. The molecular formula is C38H27N3O. The van der Waals surface area contributed by atoms with Crippen LogP contribution in [0.1, 0.15) is 30.1 Å². The summed E-state index contributed by atoms with van der Waals surface area (Å²) >= 11 is 0. The van der Waals surface area contributed by atoms with Crippen LogP contribution in [0.15, 0.2) is 142 Å². The van der Waals surface area contributed by atoms with E-state index in [2.05, 4.69) is 131 Å². The van der Waals surface area contributed by atoms with Gasteiger partial charge in [-0.05, 0) is 60.4 Å². The molecule has 200 valence electrons. The van der Waals surface area contributed by atoms with Crippen LogP contribution in [0.3, 0.4) is 0 Å². The molecule has 0 amide bonds. The first kappa shape index (κ1) is 23.4. The van der Waals surface area contributed by atoms with E-state index in [-0.39, 0.29) is 6.17 Å². The summed E-state index contributed by atoms with van der Waals surface area (Å²) in [6.07, 6.45) is 8.46. The largest absolute Gasteiger partial charge is 0.454 e. The van der Waals surface area contributed by atoms with Crippen LogP contribution in [0.4, 0.5) is 5.69 Å². The van der Waals surface area contributed by atoms with Crippen molar-refractivity contribution in [2.45, 2.75) is 19.0 Å². The number of aliphatic imine (C=N–C) groups is 1. The van der Waals surface area contributed by atoms with E-state index in [1.165, 1.54) is 21.9 Å². The maximum Gasteiger partial charge on any atom is 0.160 e. The summed E-state index contributed by atoms with van der Waals surface area (Å²) < 4.78 is 8.91. The molecule has 1 N–H and O–H groups in total. The zero-order chi connectivity index (χ0) is 27.6. The number of nitrogens with zero attached hydrogens (tertiary/aromatic N) is 2. The molecule has 0 saturated carbocycles. The predicted octanol–water partition coefficient (Wildman–Crippen LogP) is 9.87. The van der Waals surface area contributed by atoms with Gasteiger partial charge in [-0.15, -0.1) is 0 Å². The van der Waals surface area contributed by atoms with Crippen molar-refractivity contribution in [3.05, 3.63) is 144 Å². The van der Waals surface area contributed by atoms with Crippen LogP contribution in [-0.2, 0) is 0 Å². The number of benzene rings is 5. The smallest absolute Gasteiger partial charge is 0.160 e. The average molecular weight is 542 g/mol. The predicted molar refractivity (Wildman–Crippen MR) is 174 cm³/mol. The van der Waals surface area contributed by atoms with E-state index in [4.69, 9.17) is 9.41 Å². The lowest BCUT2D eigenvalue weighted by Crippen LogP contribution is -2.21. The molecule has 4 nitrogen and oxygen atoms in total. The van der Waals surface area contributed by atoms with Gasteiger partial charge in [0.2, 0.25) is 0 Å². The van der Waals surface area contributed by atoms with Crippen molar-refractivity contribution in [1.82, 2.24) is 4.57 Å². The number of fused-ring (bicyclic) bond motifs is 8. The van der Waals surface area contributed by atoms with Crippen LogP contribution in [0, 0.1) is 0 Å². The molecule has 0 saturated heterocycles. The summed E-state index contributed by atoms with van der Waals surface area (Å²) in [7, 11) is 0. The lowest BCUT2D eigenvalue weighted by Gasteiger charge is -2.28. The van der Waals surface area contributed by atoms with Gasteiger partial charge in [0.05, 0.1) is 16.7 Å². The Bertz CT molecular complexity index is 2290. The molecular weight excluding hydrogens is 514 g/mol. The molecule has 5 aromatic carbocycles. The van der Waals surface area contributed by atoms with E-state index < -0.39 is 0 Å². The Morgan fingerprint density at radius 2 is 1.60 bits per heavy atom. The van der Waals surface area contributed by atoms with Crippen molar-refractivity contribution in [1.29, 1.82) is 0 Å². The second-order valence-electron chi connectivity index (χ2n) is 11.1. The third-order valence-electron chi connectivity index (χ3n) is 8.67. The number of rotatable bonds is 3. The van der Waals surface area contributed by atoms with Crippen LogP contribution in [0.5, 0.6) is 0 Å². The molecule has 1 atom stereocenters. The van der Waals surface area contributed by atoms with Crippen LogP contribution >= 0.6 is 0 Å². The Hall–Kier alpha value is -5.35. The van der Waals surface area contributed by atoms with Gasteiger partial charge in [0.1, 0.15) is 11.7 Å². The highest BCUT2D eigenvalue weighted by Crippen LogP contribution is 2.41. The Balaban J connectivity index is 1.26. The second-order valence-corrected chi connectivity index (χ2v) is 11.1. The third kappa shape index (κ3) is 3.45. The van der Waals surface area contributed by atoms with Gasteiger partial charge < -0.3 is 14.3 Å². The first-order valence-electron chi connectivity index (χ1n) is 14.6. The summed E-state index contributed by atoms with van der Waals surface area (Å²) in [5.41, 5.74) is 10.9. The Morgan fingerprint density at radius 1 is 0.762 bits per heavy atom. The molecule has 9 rings (SSSR count). The molecule has 4 heteroatoms. The quantitative estimate of drug-likeness (QED) is 0.242. The average Bonchev–Trinajstić information content (AvgIpc) is 3.61. The first-order chi connectivity index (χ1) is 20.8. The molecule has 42 heavy (non-hydrogen) atoms. The number of hydrogen-bond donors (Lipinski definition) is 1. The van der Waals surface area contributed by atoms with Crippen molar-refractivity contribution in [3.63, 3.8) is 0 Å². The van der Waals surface area contributed by atoms with Gasteiger partial charge in [-0.3, -0.25) is 4.99 Å². The standard InChI is InChI=1S/C38H27N3O/c1-2-11-24(12-3-1)35-31-17-4-7-18-32(31)39-38(40-35)25-13-10-14-26(23-25)41-33-19-8-5-15-27(33)29-21-22-30-28-16-6-9-20-34(28)42-37(30)36(29)41/h1-2,4-11,13-23,38-39H,3,12H2. The van der Waals surface area contributed by atoms with Crippen molar-refractivity contribution in [2.75, 3.05) is 5.32 Å². The first-order valence-corrected chi connectivity index (χ1v) is 14.6. The highest BCUT2D eigenvalue weighted by molar-refractivity contribution is 6.21. The highest BCUT2D eigenvalue weighted by atomic mass is 16.3. The van der Waals surface area contributed by atoms with Crippen LogP contribution in [-0.4, -0.2) is 10.3 Å². The number of para-hydroxylation sites is 3. The molecule has 7 aromatic rings. The van der Waals surface area contributed by atoms with Gasteiger partial charge in [0.25, 0.3) is 0 Å². The molecule has 1 aliphatic carbocycles. The van der Waals surface area contributed by atoms with Crippen molar-refractivity contribution in [3.8, 4) is 5.69 Å². The van der Waals surface area contributed by atoms with E-state index in [0.717, 1.165) is 68.5 Å². The summed E-state index contributed by atoms with van der Waals surface area (Å²) in [6, 6.07) is 38.7. The maximum absolute atomic E-state index is 6.56. The molecule has 1 aliphatic heterocycles. The molecule has 2 aromatic heterocycles. The molecule has 2 aliphatic rings. The summed E-state index contributed by atoms with van der Waals surface area (Å²) in [5, 5.41) is 8.38. The monoisotopic (exact) mass is 541 g/mol. The summed E-state index contributed by atoms with van der Waals surface area (Å²) in [4.78, 5) is 5.32. The van der Waals surface area contributed by atoms with Gasteiger partial charge in [-0.25, -0.2) is 0 Å². The fraction of sp³-hybridized carbons (Fsp3) is 0.0789. The van der Waals surface area contributed by atoms with E-state index in [1.807, 2.05) is 6.07 Å². The number of allylic oxidation sites excluding steroid dienone is 4. The molecule has 0 spiro atoms. The van der Waals surface area contributed by atoms with E-state index in [9.17, 15) is 0 Å². The van der Waals surface area contributed by atoms with Crippen LogP contribution in [0.2, 0.25) is 0 Å². The van der Waals surface area contributed by atoms with Gasteiger partial charge in [0.15, 0.2) is 5.58 Å². The second kappa shape index (κ2) is 9.08. The highest BCUT2D eigenvalue weighted by Gasteiger charge is 2.25. The van der Waals surface area contributed by atoms with Crippen LogP contribution in [0.25, 0.3) is 49.4 Å². The summed E-state index contributed by atoms with van der Waals surface area (Å²) in [6.45, 7) is 0. The molecule has 1 unspecified atom stereocenters. The lowest BCUT2D eigenvalue weighted by molar-refractivity contribution is 0.671. The minimum Gasteiger partial charge on any atom is -0.454 e. The summed E-state index contributed by atoms with van der Waals surface area (Å²) in [5.74, 6) is 0. The maximum atomic E-state index is 6.56. The fourth-order valence-corrected chi connectivity index (χ4v) is 6.74. The SMILES string of the molecule is C1=CCCC(C2=NC(c3cccc(-n4c5ccccc5c5ccc6c7ccccc7oc6c54)c3)Nc3ccccc32)=C1. The number of nitrogens with one attached hydrogen (secondary N) is 1. The van der Waals surface area contributed by atoms with Gasteiger partial charge in [-0.2, -0.15) is 0 Å². The molecule has 3 heterocycles. The minimum absolute atomic E-state index is 0.194. The third-order valence-corrected chi connectivity index (χ3v) is 8.67. The van der Waals surface area contributed by atoms with Crippen LogP contribution < -0.4 is 5.32 Å². The zero-order valence-electron chi connectivity index (χ0n) is 22.9. The minimum atomic E-state index is -0.194. The molecule has 0 fully saturated rings. The van der Waals surface area contributed by atoms with Gasteiger partial charge >= 0.3 is 0 Å². The Morgan fingerprint density at radius 3 is 2.52 bits per heavy atom. The van der Waals surface area contributed by atoms with Gasteiger partial charge in [-0.1, -0.05) is 91.0 Å². The van der Waals surface area contributed by atoms with Crippen molar-refractivity contribution < 1.29 is 4.42 Å². The van der Waals surface area contributed by atoms with E-state index >= 15 is 0 Å². The fourth-order valence-electron chi connectivity index (χ4n) is 6.74.